The summed E-state index contributed by atoms with van der Waals surface area (Å²) in [6.07, 6.45) is 4.07. The Kier molecular flexibility index (Phi) is 1.66. The zero-order valence-corrected chi connectivity index (χ0v) is 6.40. The van der Waals surface area contributed by atoms with Crippen LogP contribution < -0.4 is 10.2 Å². The minimum absolute atomic E-state index is 0.793. The van der Waals surface area contributed by atoms with Crippen molar-refractivity contribution in [1.29, 1.82) is 0 Å². The van der Waals surface area contributed by atoms with Crippen LogP contribution in [0.4, 0.5) is 0 Å². The molecule has 3 atom stereocenters. The third kappa shape index (κ3) is 0.956. The van der Waals surface area contributed by atoms with Crippen LogP contribution >= 0.6 is 0 Å². The molecule has 2 aliphatic heterocycles. The number of piperidine rings is 1. The zero-order valence-electron chi connectivity index (χ0n) is 6.40. The summed E-state index contributed by atoms with van der Waals surface area (Å²) in [6, 6.07) is 1.62. The van der Waals surface area contributed by atoms with Crippen LogP contribution in [0.25, 0.3) is 0 Å². The highest BCUT2D eigenvalue weighted by atomic mass is 15.2. The molecule has 2 aliphatic rings. The second kappa shape index (κ2) is 2.51. The molecular weight excluding hydrogens is 124 g/mol. The molecular formula is C8H16N2. The Hall–Kier alpha value is -0.0800. The minimum atomic E-state index is 0.793. The highest BCUT2D eigenvalue weighted by Crippen LogP contribution is 2.12. The molecule has 0 radical (unpaired) electrons. The van der Waals surface area contributed by atoms with Crippen LogP contribution in [0.2, 0.25) is 0 Å². The molecule has 2 heterocycles. The van der Waals surface area contributed by atoms with Gasteiger partial charge >= 0.3 is 0 Å². The predicted molar refractivity (Wildman–Crippen MR) is 40.6 cm³/mol. The van der Waals surface area contributed by atoms with Gasteiger partial charge in [-0.15, -0.1) is 0 Å². The van der Waals surface area contributed by atoms with E-state index in [1.165, 1.54) is 37.3 Å². The van der Waals surface area contributed by atoms with Gasteiger partial charge in [0.1, 0.15) is 0 Å². The van der Waals surface area contributed by atoms with Gasteiger partial charge in [0, 0.05) is 13.0 Å². The molecule has 2 nitrogen and oxygen atoms in total. The monoisotopic (exact) mass is 140 g/mol. The number of hydrogen-bond donors (Lipinski definition) is 2. The van der Waals surface area contributed by atoms with Crippen molar-refractivity contribution in [2.24, 2.45) is 0 Å². The van der Waals surface area contributed by atoms with Crippen molar-refractivity contribution in [2.75, 3.05) is 13.1 Å². The van der Waals surface area contributed by atoms with Crippen LogP contribution in [0, 0.1) is 7.05 Å². The van der Waals surface area contributed by atoms with E-state index in [1.54, 1.807) is 0 Å². The van der Waals surface area contributed by atoms with E-state index < -0.39 is 0 Å². The van der Waals surface area contributed by atoms with Crippen LogP contribution in [0.5, 0.6) is 0 Å². The summed E-state index contributed by atoms with van der Waals surface area (Å²) >= 11 is 0. The molecule has 2 saturated heterocycles. The summed E-state index contributed by atoms with van der Waals surface area (Å²) in [5.74, 6) is 0. The minimum Gasteiger partial charge on any atom is -0.464 e. The Bertz CT molecular complexity index is 124. The van der Waals surface area contributed by atoms with Crippen molar-refractivity contribution >= 4 is 0 Å². The number of fused-ring (bicyclic) bond motifs is 1. The molecule has 0 aliphatic carbocycles. The number of nitrogens with one attached hydrogen (secondary N) is 2. The fourth-order valence-corrected chi connectivity index (χ4v) is 2.29. The number of rotatable bonds is 0. The molecule has 2 fully saturated rings. The van der Waals surface area contributed by atoms with E-state index in [2.05, 4.69) is 12.4 Å². The Labute approximate surface area is 62.6 Å². The smallest absolute Gasteiger partial charge is 0.0803 e. The van der Waals surface area contributed by atoms with Crippen LogP contribution in [0.15, 0.2) is 0 Å². The Morgan fingerprint density at radius 3 is 3.10 bits per heavy atom. The molecule has 2 rings (SSSR count). The SMILES string of the molecule is [CH2-][NH+]1CCCC2NCCC21. The van der Waals surface area contributed by atoms with Gasteiger partial charge in [0.05, 0.1) is 18.6 Å². The largest absolute Gasteiger partial charge is 0.464 e. The van der Waals surface area contributed by atoms with Gasteiger partial charge in [-0.2, -0.15) is 7.05 Å². The van der Waals surface area contributed by atoms with E-state index in [1.807, 2.05) is 0 Å². The predicted octanol–water partition coefficient (Wildman–Crippen LogP) is -0.813. The second-order valence-corrected chi connectivity index (χ2v) is 3.51. The summed E-state index contributed by atoms with van der Waals surface area (Å²) < 4.78 is 0. The Morgan fingerprint density at radius 2 is 2.30 bits per heavy atom. The molecule has 58 valence electrons. The van der Waals surface area contributed by atoms with Crippen LogP contribution in [-0.2, 0) is 0 Å². The maximum atomic E-state index is 4.12. The van der Waals surface area contributed by atoms with Crippen molar-refractivity contribution in [3.05, 3.63) is 7.05 Å². The van der Waals surface area contributed by atoms with E-state index in [4.69, 9.17) is 0 Å². The van der Waals surface area contributed by atoms with Gasteiger partial charge in [-0.1, -0.05) is 0 Å². The topological polar surface area (TPSA) is 16.5 Å². The lowest BCUT2D eigenvalue weighted by Crippen LogP contribution is -3.13. The van der Waals surface area contributed by atoms with E-state index in [0.717, 1.165) is 12.1 Å². The number of hydrogen-bond acceptors (Lipinski definition) is 1. The fourth-order valence-electron chi connectivity index (χ4n) is 2.29. The van der Waals surface area contributed by atoms with Crippen LogP contribution in [0.3, 0.4) is 0 Å². The molecule has 3 unspecified atom stereocenters. The molecule has 0 spiro atoms. The van der Waals surface area contributed by atoms with Gasteiger partial charge in [-0.25, -0.2) is 0 Å². The highest BCUT2D eigenvalue weighted by Gasteiger charge is 2.33. The first-order valence-electron chi connectivity index (χ1n) is 4.29. The summed E-state index contributed by atoms with van der Waals surface area (Å²) in [6.45, 7) is 2.50. The summed E-state index contributed by atoms with van der Waals surface area (Å²) in [5, 5.41) is 3.53. The van der Waals surface area contributed by atoms with Crippen molar-refractivity contribution in [3.8, 4) is 0 Å². The van der Waals surface area contributed by atoms with Crippen LogP contribution in [-0.4, -0.2) is 25.2 Å². The molecule has 0 aromatic heterocycles. The van der Waals surface area contributed by atoms with Crippen molar-refractivity contribution in [1.82, 2.24) is 5.32 Å². The fraction of sp³-hybridized carbons (Fsp3) is 0.875. The Morgan fingerprint density at radius 1 is 1.40 bits per heavy atom. The van der Waals surface area contributed by atoms with E-state index in [9.17, 15) is 0 Å². The average molecular weight is 140 g/mol. The summed E-state index contributed by atoms with van der Waals surface area (Å²) in [7, 11) is 4.12. The first-order valence-corrected chi connectivity index (χ1v) is 4.29. The number of quaternary nitrogens is 1. The molecule has 2 heteroatoms. The number of likely N-dealkylation sites (tertiary alicyclic amines) is 1. The van der Waals surface area contributed by atoms with E-state index in [0.29, 0.717) is 0 Å². The lowest BCUT2D eigenvalue weighted by atomic mass is 9.98. The van der Waals surface area contributed by atoms with Gasteiger partial charge in [0.15, 0.2) is 0 Å². The van der Waals surface area contributed by atoms with Crippen molar-refractivity contribution < 1.29 is 4.90 Å². The normalized spacial score (nSPS) is 47.1. The molecule has 0 aromatic rings. The highest BCUT2D eigenvalue weighted by molar-refractivity contribution is 4.85. The lowest BCUT2D eigenvalue weighted by Gasteiger charge is -2.36. The van der Waals surface area contributed by atoms with Gasteiger partial charge in [-0.05, 0) is 12.8 Å². The first-order chi connectivity index (χ1) is 4.88. The molecule has 10 heavy (non-hydrogen) atoms. The summed E-state index contributed by atoms with van der Waals surface area (Å²) in [5.41, 5.74) is 0. The standard InChI is InChI=1S/C8H16N2/c1-10-6-2-3-7-8(10)4-5-9-7/h7-10H,1-6H2. The molecule has 0 aromatic carbocycles. The molecule has 0 bridgehead atoms. The maximum absolute atomic E-state index is 4.12. The molecule has 0 amide bonds. The van der Waals surface area contributed by atoms with E-state index >= 15 is 0 Å². The van der Waals surface area contributed by atoms with Gasteiger partial charge in [-0.3, -0.25) is 0 Å². The zero-order chi connectivity index (χ0) is 6.97. The second-order valence-electron chi connectivity index (χ2n) is 3.51. The van der Waals surface area contributed by atoms with Gasteiger partial charge in [0.2, 0.25) is 0 Å². The summed E-state index contributed by atoms with van der Waals surface area (Å²) in [4.78, 5) is 1.50. The lowest BCUT2D eigenvalue weighted by molar-refractivity contribution is -0.886. The first kappa shape index (κ1) is 6.62. The van der Waals surface area contributed by atoms with Gasteiger partial charge < -0.3 is 10.2 Å². The maximum Gasteiger partial charge on any atom is 0.0803 e. The van der Waals surface area contributed by atoms with Crippen molar-refractivity contribution in [3.63, 3.8) is 0 Å². The quantitative estimate of drug-likeness (QED) is 0.421. The third-order valence-corrected chi connectivity index (χ3v) is 2.88. The van der Waals surface area contributed by atoms with Crippen molar-refractivity contribution in [2.45, 2.75) is 31.3 Å². The third-order valence-electron chi connectivity index (χ3n) is 2.88. The Balaban J connectivity index is 2.03. The molecule has 2 N–H and O–H groups in total. The average Bonchev–Trinajstić information content (AvgIpc) is 2.36. The van der Waals surface area contributed by atoms with Gasteiger partial charge in [0.25, 0.3) is 0 Å². The van der Waals surface area contributed by atoms with Crippen LogP contribution in [0.1, 0.15) is 19.3 Å². The van der Waals surface area contributed by atoms with E-state index in [-0.39, 0.29) is 0 Å². The molecule has 0 saturated carbocycles.